The summed E-state index contributed by atoms with van der Waals surface area (Å²) in [6.07, 6.45) is 7.13. The van der Waals surface area contributed by atoms with E-state index in [1.807, 2.05) is 20.8 Å². The molecule has 198 valence electrons. The van der Waals surface area contributed by atoms with E-state index in [2.05, 4.69) is 17.1 Å². The lowest BCUT2D eigenvalue weighted by Crippen LogP contribution is -2.69. The molecule has 2 bridgehead atoms. The van der Waals surface area contributed by atoms with Gasteiger partial charge in [-0.15, -0.1) is 0 Å². The zero-order valence-corrected chi connectivity index (χ0v) is 22.4. The molecule has 0 aromatic heterocycles. The van der Waals surface area contributed by atoms with E-state index in [4.69, 9.17) is 14.2 Å². The molecule has 0 radical (unpaired) electrons. The highest BCUT2D eigenvalue weighted by Gasteiger charge is 2.66. The van der Waals surface area contributed by atoms with Crippen molar-refractivity contribution in [2.75, 3.05) is 20.2 Å². The van der Waals surface area contributed by atoms with Gasteiger partial charge in [0, 0.05) is 47.3 Å². The van der Waals surface area contributed by atoms with Gasteiger partial charge in [-0.05, 0) is 84.6 Å². The molecule has 2 heterocycles. The summed E-state index contributed by atoms with van der Waals surface area (Å²) in [5, 5.41) is 14.7. The SMILES string of the molecule is COc1cc(O)c2c3c1C[C@@H]1[C@@H]4CC[C@@H](NC(C)CC(=O)OC(C)(C)C)[C@H](O2)[C@]34CCN1CC1CC1. The molecule has 7 nitrogen and oxygen atoms in total. The van der Waals surface area contributed by atoms with E-state index in [0.717, 1.165) is 43.9 Å². The number of aromatic hydroxyl groups is 1. The van der Waals surface area contributed by atoms with Crippen LogP contribution < -0.4 is 14.8 Å². The van der Waals surface area contributed by atoms with Gasteiger partial charge < -0.3 is 24.6 Å². The maximum atomic E-state index is 12.5. The maximum absolute atomic E-state index is 12.5. The van der Waals surface area contributed by atoms with Crippen molar-refractivity contribution in [1.82, 2.24) is 10.2 Å². The quantitative estimate of drug-likeness (QED) is 0.552. The van der Waals surface area contributed by atoms with Gasteiger partial charge in [0.2, 0.25) is 0 Å². The van der Waals surface area contributed by atoms with Crippen LogP contribution in [0.25, 0.3) is 0 Å². The first kappa shape index (κ1) is 24.4. The third-order valence-electron chi connectivity index (χ3n) is 9.32. The van der Waals surface area contributed by atoms with Crippen molar-refractivity contribution in [2.24, 2.45) is 11.8 Å². The van der Waals surface area contributed by atoms with Crippen LogP contribution >= 0.6 is 0 Å². The fourth-order valence-electron chi connectivity index (χ4n) is 7.95. The van der Waals surface area contributed by atoms with Crippen molar-refractivity contribution in [1.29, 1.82) is 0 Å². The second-order valence-electron chi connectivity index (χ2n) is 13.0. The van der Waals surface area contributed by atoms with Gasteiger partial charge in [-0.1, -0.05) is 0 Å². The van der Waals surface area contributed by atoms with Crippen LogP contribution in [-0.4, -0.2) is 66.0 Å². The molecule has 1 aromatic rings. The topological polar surface area (TPSA) is 80.3 Å². The highest BCUT2D eigenvalue weighted by Crippen LogP contribution is 2.65. The zero-order chi connectivity index (χ0) is 25.4. The summed E-state index contributed by atoms with van der Waals surface area (Å²) in [7, 11) is 1.70. The second-order valence-corrected chi connectivity index (χ2v) is 13.0. The van der Waals surface area contributed by atoms with Gasteiger partial charge in [0.05, 0.1) is 13.5 Å². The van der Waals surface area contributed by atoms with E-state index in [1.165, 1.54) is 30.5 Å². The number of carbonyl (C=O) groups excluding carboxylic acids is 1. The number of phenolic OH excluding ortho intramolecular Hbond substituents is 1. The third kappa shape index (κ3) is 3.89. The minimum absolute atomic E-state index is 0.0259. The Kier molecular flexibility index (Phi) is 5.76. The van der Waals surface area contributed by atoms with Gasteiger partial charge in [0.15, 0.2) is 11.5 Å². The Morgan fingerprint density at radius 3 is 2.78 bits per heavy atom. The summed E-state index contributed by atoms with van der Waals surface area (Å²) in [5.41, 5.74) is 1.84. The molecule has 7 heteroatoms. The van der Waals surface area contributed by atoms with Crippen LogP contribution in [0.2, 0.25) is 0 Å². The van der Waals surface area contributed by atoms with Crippen LogP contribution in [0.15, 0.2) is 6.07 Å². The molecule has 1 saturated heterocycles. The average molecular weight is 499 g/mol. The number of benzene rings is 1. The largest absolute Gasteiger partial charge is 0.504 e. The Morgan fingerprint density at radius 1 is 1.31 bits per heavy atom. The molecule has 6 rings (SSSR count). The number of esters is 1. The molecule has 1 aromatic carbocycles. The molecule has 2 saturated carbocycles. The van der Waals surface area contributed by atoms with Gasteiger partial charge in [-0.2, -0.15) is 0 Å². The zero-order valence-electron chi connectivity index (χ0n) is 22.4. The number of nitrogens with zero attached hydrogens (tertiary/aromatic N) is 1. The van der Waals surface area contributed by atoms with Crippen LogP contribution in [0.4, 0.5) is 0 Å². The number of nitrogens with one attached hydrogen (secondary N) is 1. The lowest BCUT2D eigenvalue weighted by molar-refractivity contribution is -0.155. The average Bonchev–Trinajstić information content (AvgIpc) is 3.54. The van der Waals surface area contributed by atoms with E-state index < -0.39 is 5.60 Å². The minimum Gasteiger partial charge on any atom is -0.504 e. The van der Waals surface area contributed by atoms with Crippen LogP contribution in [0, 0.1) is 11.8 Å². The van der Waals surface area contributed by atoms with Crippen molar-refractivity contribution in [2.45, 2.75) is 108 Å². The van der Waals surface area contributed by atoms with E-state index in [9.17, 15) is 9.90 Å². The fraction of sp³-hybridized carbons (Fsp3) is 0.759. The maximum Gasteiger partial charge on any atom is 0.307 e. The Bertz CT molecular complexity index is 1050. The number of likely N-dealkylation sites (tertiary alicyclic amines) is 1. The van der Waals surface area contributed by atoms with E-state index in [-0.39, 0.29) is 35.3 Å². The van der Waals surface area contributed by atoms with Gasteiger partial charge in [0.1, 0.15) is 17.5 Å². The minimum atomic E-state index is -0.484. The molecule has 5 aliphatic rings. The summed E-state index contributed by atoms with van der Waals surface area (Å²) in [6.45, 7) is 10.1. The number of ether oxygens (including phenoxy) is 3. The molecule has 3 fully saturated rings. The van der Waals surface area contributed by atoms with Crippen molar-refractivity contribution < 1.29 is 24.1 Å². The number of hydrogen-bond donors (Lipinski definition) is 2. The first-order valence-electron chi connectivity index (χ1n) is 13.9. The first-order valence-corrected chi connectivity index (χ1v) is 13.9. The summed E-state index contributed by atoms with van der Waals surface area (Å²) in [4.78, 5) is 15.3. The molecule has 1 unspecified atom stereocenters. The molecular weight excluding hydrogens is 456 g/mol. The fourth-order valence-corrected chi connectivity index (χ4v) is 7.95. The van der Waals surface area contributed by atoms with E-state index >= 15 is 0 Å². The second kappa shape index (κ2) is 8.52. The number of carbonyl (C=O) groups is 1. The first-order chi connectivity index (χ1) is 17.1. The molecule has 36 heavy (non-hydrogen) atoms. The molecular formula is C29H42N2O5. The lowest BCUT2D eigenvalue weighted by atomic mass is 9.51. The molecule has 2 N–H and O–H groups in total. The van der Waals surface area contributed by atoms with E-state index in [0.29, 0.717) is 24.1 Å². The Labute approximate surface area is 214 Å². The van der Waals surface area contributed by atoms with Gasteiger partial charge in [0.25, 0.3) is 0 Å². The van der Waals surface area contributed by atoms with Crippen LogP contribution in [0.3, 0.4) is 0 Å². The van der Waals surface area contributed by atoms with Crippen molar-refractivity contribution >= 4 is 5.97 Å². The van der Waals surface area contributed by atoms with Gasteiger partial charge >= 0.3 is 5.97 Å². The molecule has 0 amide bonds. The summed E-state index contributed by atoms with van der Waals surface area (Å²) in [5.74, 6) is 2.84. The van der Waals surface area contributed by atoms with Crippen molar-refractivity contribution in [3.05, 3.63) is 17.2 Å². The molecule has 2 aliphatic heterocycles. The summed E-state index contributed by atoms with van der Waals surface area (Å²) >= 11 is 0. The molecule has 6 atom stereocenters. The van der Waals surface area contributed by atoms with Crippen molar-refractivity contribution in [3.63, 3.8) is 0 Å². The Balaban J connectivity index is 1.31. The summed E-state index contributed by atoms with van der Waals surface area (Å²) < 4.78 is 18.1. The number of hydrogen-bond acceptors (Lipinski definition) is 7. The number of piperidine rings is 1. The van der Waals surface area contributed by atoms with Gasteiger partial charge in [-0.25, -0.2) is 0 Å². The predicted molar refractivity (Wildman–Crippen MR) is 137 cm³/mol. The van der Waals surface area contributed by atoms with Crippen molar-refractivity contribution in [3.8, 4) is 17.2 Å². The monoisotopic (exact) mass is 498 g/mol. The van der Waals surface area contributed by atoms with Gasteiger partial charge in [-0.3, -0.25) is 9.69 Å². The predicted octanol–water partition coefficient (Wildman–Crippen LogP) is 3.93. The number of rotatable bonds is 7. The van der Waals surface area contributed by atoms with Crippen LogP contribution in [0.5, 0.6) is 17.2 Å². The Hall–Kier alpha value is -1.99. The van der Waals surface area contributed by atoms with E-state index in [1.54, 1.807) is 13.2 Å². The van der Waals surface area contributed by atoms with Crippen LogP contribution in [0.1, 0.15) is 77.3 Å². The molecule has 1 spiro atoms. The lowest BCUT2D eigenvalue weighted by Gasteiger charge is -2.60. The van der Waals surface area contributed by atoms with Crippen LogP contribution in [-0.2, 0) is 21.4 Å². The molecule has 3 aliphatic carbocycles. The third-order valence-corrected chi connectivity index (χ3v) is 9.32. The highest BCUT2D eigenvalue weighted by atomic mass is 16.6. The standard InChI is InChI=1S/C29H42N2O5/c1-16(12-24(33)36-28(2,3)4)30-20-9-8-19-21-13-18-23(34-5)14-22(32)26-25(18)29(19,27(20)35-26)10-11-31(21)15-17-6-7-17/h14,16-17,19-21,27,30,32H,6-13,15H2,1-5H3/t16?,19-,20+,21+,27-,29-/m0/s1. The smallest absolute Gasteiger partial charge is 0.307 e. The normalized spacial score (nSPS) is 33.5. The highest BCUT2D eigenvalue weighted by molar-refractivity contribution is 5.70. The summed E-state index contributed by atoms with van der Waals surface area (Å²) in [6, 6.07) is 2.32. The number of methoxy groups -OCH3 is 1. The Morgan fingerprint density at radius 2 is 2.08 bits per heavy atom. The number of phenols is 1.